The normalized spacial score (nSPS) is 16.0. The first-order valence-corrected chi connectivity index (χ1v) is 12.8. The van der Waals surface area contributed by atoms with E-state index in [2.05, 4.69) is 36.3 Å². The summed E-state index contributed by atoms with van der Waals surface area (Å²) in [6.45, 7) is 1.54. The van der Waals surface area contributed by atoms with Crippen LogP contribution in [0.2, 0.25) is 5.02 Å². The van der Waals surface area contributed by atoms with Crippen molar-refractivity contribution in [2.45, 2.75) is 13.1 Å². The van der Waals surface area contributed by atoms with Crippen LogP contribution in [-0.4, -0.2) is 39.1 Å². The van der Waals surface area contributed by atoms with Crippen LogP contribution in [0.4, 0.5) is 19.0 Å². The molecule has 1 atom stereocenters. The third-order valence-electron chi connectivity index (χ3n) is 5.38. The Bertz CT molecular complexity index is 1600. The van der Waals surface area contributed by atoms with E-state index in [0.29, 0.717) is 11.6 Å². The highest BCUT2D eigenvalue weighted by Crippen LogP contribution is 2.35. The quantitative estimate of drug-likeness (QED) is 0.263. The third kappa shape index (κ3) is 7.49. The van der Waals surface area contributed by atoms with Gasteiger partial charge in [-0.15, -0.1) is 11.3 Å². The zero-order valence-electron chi connectivity index (χ0n) is 20.9. The van der Waals surface area contributed by atoms with Gasteiger partial charge in [0.1, 0.15) is 21.6 Å². The summed E-state index contributed by atoms with van der Waals surface area (Å²) in [6.07, 6.45) is 3.75. The van der Waals surface area contributed by atoms with Gasteiger partial charge in [-0.2, -0.15) is 23.4 Å². The Morgan fingerprint density at radius 1 is 1.02 bits per heavy atom. The van der Waals surface area contributed by atoms with Crippen LogP contribution < -0.4 is 16.2 Å². The number of thiazole rings is 1. The van der Waals surface area contributed by atoms with Gasteiger partial charge >= 0.3 is 6.18 Å². The van der Waals surface area contributed by atoms with Crippen molar-refractivity contribution < 1.29 is 27.6 Å². The number of hydrazone groups is 2. The lowest BCUT2D eigenvalue weighted by atomic mass is 9.98. The van der Waals surface area contributed by atoms with Crippen LogP contribution >= 0.6 is 22.9 Å². The Morgan fingerprint density at radius 2 is 1.78 bits per heavy atom. The molecule has 1 unspecified atom stereocenters. The first-order chi connectivity index (χ1) is 19.5. The molecule has 15 heteroatoms. The number of rotatable bonds is 7. The lowest BCUT2D eigenvalue weighted by molar-refractivity contribution is -0.137. The van der Waals surface area contributed by atoms with Crippen molar-refractivity contribution in [3.8, 4) is 0 Å². The maximum Gasteiger partial charge on any atom is 0.418 e. The molecule has 0 aliphatic heterocycles. The molecule has 2 aromatic heterocycles. The van der Waals surface area contributed by atoms with Crippen molar-refractivity contribution in [2.24, 2.45) is 16.1 Å². The fraction of sp³-hybridized carbons (Fsp3) is 0.115. The first kappa shape index (κ1) is 29.3. The molecular formula is C26H19ClF3N7O3S. The van der Waals surface area contributed by atoms with Gasteiger partial charge in [0.2, 0.25) is 0 Å². The summed E-state index contributed by atoms with van der Waals surface area (Å²) in [5.74, 6) is -2.91. The van der Waals surface area contributed by atoms with Gasteiger partial charge in [0.25, 0.3) is 17.7 Å². The standard InChI is InChI=1S/C26H19ClF3N7O3S/c1-14(25-32-13-20(41-25)24(40)33-21-11-17(26(28,29)30)18(27)12-31-21)34-37-23(39)16-9-5-6-10-19(16)35-36-22(38)15-7-3-2-4-8-15/h2-13,16H,1H3,(H,36,38)(H,37,39)(H,31,33,40)/b34-14+,35-19?. The number of pyridine rings is 1. The third-order valence-corrected chi connectivity index (χ3v) is 6.79. The fourth-order valence-corrected chi connectivity index (χ4v) is 4.30. The summed E-state index contributed by atoms with van der Waals surface area (Å²) in [6, 6.07) is 9.08. The molecule has 3 N–H and O–H groups in total. The zero-order chi connectivity index (χ0) is 29.6. The number of carbonyl (C=O) groups excluding carboxylic acids is 3. The number of benzene rings is 1. The molecule has 0 fully saturated rings. The molecule has 1 aliphatic carbocycles. The number of anilines is 1. The summed E-state index contributed by atoms with van der Waals surface area (Å²) >= 11 is 6.46. The largest absolute Gasteiger partial charge is 0.418 e. The highest BCUT2D eigenvalue weighted by atomic mass is 35.5. The lowest BCUT2D eigenvalue weighted by Gasteiger charge is -2.14. The first-order valence-electron chi connectivity index (χ1n) is 11.6. The molecule has 41 heavy (non-hydrogen) atoms. The van der Waals surface area contributed by atoms with Gasteiger partial charge in [-0.05, 0) is 31.2 Å². The van der Waals surface area contributed by atoms with Crippen molar-refractivity contribution in [3.05, 3.63) is 99.1 Å². The van der Waals surface area contributed by atoms with Gasteiger partial charge in [-0.1, -0.05) is 48.0 Å². The molecule has 10 nitrogen and oxygen atoms in total. The van der Waals surface area contributed by atoms with Crippen LogP contribution in [0.3, 0.4) is 0 Å². The molecule has 3 aromatic rings. The van der Waals surface area contributed by atoms with Crippen LogP contribution in [0, 0.1) is 5.92 Å². The number of amides is 3. The van der Waals surface area contributed by atoms with Crippen molar-refractivity contribution in [3.63, 3.8) is 0 Å². The number of halogens is 4. The molecule has 210 valence electrons. The van der Waals surface area contributed by atoms with Crippen LogP contribution in [-0.2, 0) is 11.0 Å². The zero-order valence-corrected chi connectivity index (χ0v) is 22.5. The molecule has 1 aromatic carbocycles. The molecular weight excluding hydrogens is 583 g/mol. The summed E-state index contributed by atoms with van der Waals surface area (Å²) in [7, 11) is 0. The number of carbonyl (C=O) groups is 3. The second kappa shape index (κ2) is 12.7. The minimum absolute atomic E-state index is 0.0649. The molecule has 0 saturated heterocycles. The summed E-state index contributed by atoms with van der Waals surface area (Å²) in [5.41, 5.74) is 4.64. The van der Waals surface area contributed by atoms with Crippen LogP contribution in [0.15, 0.2) is 83.3 Å². The van der Waals surface area contributed by atoms with Crippen LogP contribution in [0.1, 0.15) is 37.5 Å². The maximum atomic E-state index is 13.1. The molecule has 2 heterocycles. The van der Waals surface area contributed by atoms with Gasteiger partial charge in [-0.25, -0.2) is 20.8 Å². The van der Waals surface area contributed by atoms with Crippen molar-refractivity contribution in [2.75, 3.05) is 5.32 Å². The predicted octanol–water partition coefficient (Wildman–Crippen LogP) is 4.83. The number of alkyl halides is 3. The van der Waals surface area contributed by atoms with E-state index >= 15 is 0 Å². The van der Waals surface area contributed by atoms with E-state index in [1.807, 2.05) is 0 Å². The van der Waals surface area contributed by atoms with Gasteiger partial charge < -0.3 is 5.32 Å². The lowest BCUT2D eigenvalue weighted by Crippen LogP contribution is -2.33. The molecule has 3 amide bonds. The average Bonchev–Trinajstić information content (AvgIpc) is 3.46. The molecule has 0 spiro atoms. The highest BCUT2D eigenvalue weighted by Gasteiger charge is 2.34. The Morgan fingerprint density at radius 3 is 2.51 bits per heavy atom. The van der Waals surface area contributed by atoms with E-state index in [4.69, 9.17) is 11.6 Å². The number of nitrogens with zero attached hydrogens (tertiary/aromatic N) is 4. The molecule has 0 bridgehead atoms. The molecule has 0 saturated carbocycles. The summed E-state index contributed by atoms with van der Waals surface area (Å²) < 4.78 is 39.2. The van der Waals surface area contributed by atoms with E-state index in [0.717, 1.165) is 17.5 Å². The van der Waals surface area contributed by atoms with Crippen molar-refractivity contribution in [1.82, 2.24) is 20.8 Å². The minimum Gasteiger partial charge on any atom is -0.306 e. The van der Waals surface area contributed by atoms with Gasteiger partial charge in [0.15, 0.2) is 0 Å². The Labute approximate surface area is 239 Å². The van der Waals surface area contributed by atoms with Crippen molar-refractivity contribution in [1.29, 1.82) is 0 Å². The highest BCUT2D eigenvalue weighted by molar-refractivity contribution is 7.15. The summed E-state index contributed by atoms with van der Waals surface area (Å²) in [5, 5.41) is 10.1. The number of allylic oxidation sites excluding steroid dienone is 3. The van der Waals surface area contributed by atoms with E-state index in [1.165, 1.54) is 6.20 Å². The Kier molecular flexibility index (Phi) is 9.04. The van der Waals surface area contributed by atoms with E-state index in [9.17, 15) is 27.6 Å². The monoisotopic (exact) mass is 601 g/mol. The van der Waals surface area contributed by atoms with Gasteiger partial charge in [0.05, 0.1) is 28.2 Å². The van der Waals surface area contributed by atoms with Gasteiger partial charge in [-0.3, -0.25) is 14.4 Å². The SMILES string of the molecule is C/C(=N\NC(=O)C1C=CC=CC1=NNC(=O)c1ccccc1)c1ncc(C(=O)Nc2cc(C(F)(F)F)c(Cl)cn2)s1. The number of nitrogens with one attached hydrogen (secondary N) is 3. The fourth-order valence-electron chi connectivity index (χ4n) is 3.33. The topological polar surface area (TPSA) is 138 Å². The van der Waals surface area contributed by atoms with E-state index in [1.54, 1.807) is 61.6 Å². The Balaban J connectivity index is 1.39. The molecule has 1 aliphatic rings. The average molecular weight is 602 g/mol. The number of aromatic nitrogens is 2. The Hall–Kier alpha value is -4.69. The molecule has 4 rings (SSSR count). The van der Waals surface area contributed by atoms with Crippen LogP contribution in [0.5, 0.6) is 0 Å². The smallest absolute Gasteiger partial charge is 0.306 e. The molecule has 0 radical (unpaired) electrons. The van der Waals surface area contributed by atoms with Gasteiger partial charge in [0, 0.05) is 11.8 Å². The van der Waals surface area contributed by atoms with E-state index in [-0.39, 0.29) is 27.1 Å². The minimum atomic E-state index is -4.72. The number of hydrogen-bond acceptors (Lipinski definition) is 8. The second-order valence-electron chi connectivity index (χ2n) is 8.27. The summed E-state index contributed by atoms with van der Waals surface area (Å²) in [4.78, 5) is 45.5. The number of hydrogen-bond donors (Lipinski definition) is 3. The van der Waals surface area contributed by atoms with Crippen molar-refractivity contribution >= 4 is 57.9 Å². The van der Waals surface area contributed by atoms with E-state index < -0.39 is 40.4 Å². The maximum absolute atomic E-state index is 13.1. The predicted molar refractivity (Wildman–Crippen MR) is 148 cm³/mol. The second-order valence-corrected chi connectivity index (χ2v) is 9.71. The van der Waals surface area contributed by atoms with Crippen LogP contribution in [0.25, 0.3) is 0 Å².